The van der Waals surface area contributed by atoms with Crippen molar-refractivity contribution in [1.82, 2.24) is 0 Å². The molecular weight excluding hydrogens is 224 g/mol. The Bertz CT molecular complexity index is 524. The van der Waals surface area contributed by atoms with Crippen LogP contribution in [0.15, 0.2) is 29.2 Å². The van der Waals surface area contributed by atoms with Crippen LogP contribution in [0, 0.1) is 12.8 Å². The van der Waals surface area contributed by atoms with E-state index < -0.39 is 9.84 Å². The van der Waals surface area contributed by atoms with Gasteiger partial charge in [-0.2, -0.15) is 4.79 Å². The Balaban J connectivity index is 3.32. The zero-order chi connectivity index (χ0) is 12.3. The Morgan fingerprint density at radius 3 is 2.12 bits per heavy atom. The largest absolute Gasteiger partial charge is 0.388 e. The maximum atomic E-state index is 12.0. The molecule has 0 heterocycles. The van der Waals surface area contributed by atoms with Gasteiger partial charge in [-0.3, -0.25) is 0 Å². The number of sulfone groups is 1. The van der Waals surface area contributed by atoms with Gasteiger partial charge in [0.2, 0.25) is 0 Å². The summed E-state index contributed by atoms with van der Waals surface area (Å²) in [4.78, 5) is 3.04. The zero-order valence-electron chi connectivity index (χ0n) is 9.51. The molecule has 0 fully saturated rings. The predicted molar refractivity (Wildman–Crippen MR) is 61.8 cm³/mol. The molecule has 0 aliphatic heterocycles. The summed E-state index contributed by atoms with van der Waals surface area (Å²) >= 11 is 0. The first-order valence-electron chi connectivity index (χ1n) is 4.93. The molecule has 0 radical (unpaired) electrons. The number of hydrogen-bond acceptors (Lipinski definition) is 2. The van der Waals surface area contributed by atoms with Gasteiger partial charge in [0.05, 0.1) is 10.8 Å². The van der Waals surface area contributed by atoms with E-state index in [4.69, 9.17) is 5.53 Å². The van der Waals surface area contributed by atoms with E-state index in [1.807, 2.05) is 6.92 Å². The molecule has 0 N–H and O–H groups in total. The minimum absolute atomic E-state index is 0.152. The average molecular weight is 238 g/mol. The minimum atomic E-state index is -3.67. The van der Waals surface area contributed by atoms with Gasteiger partial charge in [-0.1, -0.05) is 31.5 Å². The standard InChI is InChI=1S/C11H14N2O2S/c1-8(2)11(13-12)16(14,15)10-6-4-9(3)5-7-10/h4-8H,1-3H3. The third-order valence-electron chi connectivity index (χ3n) is 2.20. The van der Waals surface area contributed by atoms with Crippen LogP contribution in [-0.4, -0.2) is 18.3 Å². The van der Waals surface area contributed by atoms with Gasteiger partial charge in [0, 0.05) is 0 Å². The molecule has 0 spiro atoms. The van der Waals surface area contributed by atoms with Crippen LogP contribution in [0.3, 0.4) is 0 Å². The topological polar surface area (TPSA) is 70.5 Å². The smallest absolute Gasteiger partial charge is 0.360 e. The molecule has 1 rings (SSSR count). The first kappa shape index (κ1) is 12.6. The van der Waals surface area contributed by atoms with E-state index in [0.29, 0.717) is 0 Å². The molecule has 0 aliphatic carbocycles. The highest BCUT2D eigenvalue weighted by molar-refractivity contribution is 8.06. The van der Waals surface area contributed by atoms with Crippen molar-refractivity contribution in [3.8, 4) is 0 Å². The summed E-state index contributed by atoms with van der Waals surface area (Å²) in [5, 5.41) is -0.212. The Morgan fingerprint density at radius 2 is 1.75 bits per heavy atom. The number of aryl methyl sites for hydroxylation is 1. The fourth-order valence-electron chi connectivity index (χ4n) is 1.32. The number of hydrogen-bond donors (Lipinski definition) is 0. The minimum Gasteiger partial charge on any atom is -0.360 e. The lowest BCUT2D eigenvalue weighted by Gasteiger charge is -2.02. The molecule has 0 saturated heterocycles. The summed E-state index contributed by atoms with van der Waals surface area (Å²) < 4.78 is 24.1. The Labute approximate surface area is 95.5 Å². The first-order valence-corrected chi connectivity index (χ1v) is 6.41. The molecule has 0 atom stereocenters. The number of nitrogens with zero attached hydrogens (tertiary/aromatic N) is 2. The van der Waals surface area contributed by atoms with Crippen molar-refractivity contribution in [2.45, 2.75) is 25.7 Å². The molecule has 5 heteroatoms. The van der Waals surface area contributed by atoms with Gasteiger partial charge in [0.1, 0.15) is 0 Å². The summed E-state index contributed by atoms with van der Waals surface area (Å²) in [5.74, 6) is -0.351. The van der Waals surface area contributed by atoms with E-state index in [1.54, 1.807) is 26.0 Å². The van der Waals surface area contributed by atoms with Crippen molar-refractivity contribution in [2.75, 3.05) is 0 Å². The quantitative estimate of drug-likeness (QED) is 0.342. The lowest BCUT2D eigenvalue weighted by atomic mass is 10.2. The van der Waals surface area contributed by atoms with Crippen LogP contribution < -0.4 is 0 Å². The van der Waals surface area contributed by atoms with Crippen molar-refractivity contribution in [2.24, 2.45) is 5.92 Å². The lowest BCUT2D eigenvalue weighted by Crippen LogP contribution is -2.21. The molecule has 4 nitrogen and oxygen atoms in total. The third kappa shape index (κ3) is 2.38. The van der Waals surface area contributed by atoms with Gasteiger partial charge < -0.3 is 5.53 Å². The number of rotatable bonds is 2. The van der Waals surface area contributed by atoms with E-state index >= 15 is 0 Å². The summed E-state index contributed by atoms with van der Waals surface area (Å²) in [6.07, 6.45) is 0. The third-order valence-corrected chi connectivity index (χ3v) is 4.20. The zero-order valence-corrected chi connectivity index (χ0v) is 10.3. The van der Waals surface area contributed by atoms with Gasteiger partial charge in [0.15, 0.2) is 0 Å². The normalized spacial score (nSPS) is 11.2. The highest BCUT2D eigenvalue weighted by Gasteiger charge is 2.32. The van der Waals surface area contributed by atoms with Crippen LogP contribution in [0.25, 0.3) is 5.53 Å². The molecule has 1 aromatic carbocycles. The molecular formula is C11H14N2O2S. The molecule has 1 aromatic rings. The second-order valence-electron chi connectivity index (χ2n) is 3.91. The molecule has 86 valence electrons. The van der Waals surface area contributed by atoms with Gasteiger partial charge in [-0.15, -0.1) is 0 Å². The van der Waals surface area contributed by atoms with Crippen molar-refractivity contribution >= 4 is 14.9 Å². The van der Waals surface area contributed by atoms with Gasteiger partial charge in [-0.05, 0) is 19.1 Å². The van der Waals surface area contributed by atoms with Crippen LogP contribution >= 0.6 is 0 Å². The van der Waals surface area contributed by atoms with Gasteiger partial charge in [0.25, 0.3) is 9.84 Å². The van der Waals surface area contributed by atoms with Gasteiger partial charge >= 0.3 is 5.04 Å². The van der Waals surface area contributed by atoms with Crippen molar-refractivity contribution in [1.29, 1.82) is 0 Å². The van der Waals surface area contributed by atoms with E-state index in [0.717, 1.165) is 5.56 Å². The molecule has 16 heavy (non-hydrogen) atoms. The van der Waals surface area contributed by atoms with E-state index in [2.05, 4.69) is 4.79 Å². The van der Waals surface area contributed by atoms with Crippen LogP contribution in [0.5, 0.6) is 0 Å². The molecule has 0 unspecified atom stereocenters. The lowest BCUT2D eigenvalue weighted by molar-refractivity contribution is -0.00634. The fraction of sp³-hybridized carbons (Fsp3) is 0.364. The van der Waals surface area contributed by atoms with E-state index in [1.165, 1.54) is 12.1 Å². The van der Waals surface area contributed by atoms with Crippen molar-refractivity contribution in [3.05, 3.63) is 35.4 Å². The highest BCUT2D eigenvalue weighted by atomic mass is 32.2. The maximum Gasteiger partial charge on any atom is 0.388 e. The number of benzene rings is 1. The fourth-order valence-corrected chi connectivity index (χ4v) is 2.78. The average Bonchev–Trinajstić information content (AvgIpc) is 2.18. The SMILES string of the molecule is Cc1ccc(S(=O)(=O)C(=[N+]=[N-])C(C)C)cc1. The monoisotopic (exact) mass is 238 g/mol. The molecule has 0 aliphatic rings. The summed E-state index contributed by atoms with van der Waals surface area (Å²) in [6.45, 7) is 5.21. The summed E-state index contributed by atoms with van der Waals surface area (Å²) in [5.41, 5.74) is 9.73. The molecule has 0 amide bonds. The maximum absolute atomic E-state index is 12.0. The molecule has 0 bridgehead atoms. The van der Waals surface area contributed by atoms with Crippen molar-refractivity contribution in [3.63, 3.8) is 0 Å². The van der Waals surface area contributed by atoms with Gasteiger partial charge in [-0.25, -0.2) is 8.42 Å². The van der Waals surface area contributed by atoms with E-state index in [-0.39, 0.29) is 15.9 Å². The Morgan fingerprint density at radius 1 is 1.25 bits per heavy atom. The second-order valence-corrected chi connectivity index (χ2v) is 5.81. The van der Waals surface area contributed by atoms with Crippen LogP contribution in [0.1, 0.15) is 19.4 Å². The van der Waals surface area contributed by atoms with Crippen LogP contribution in [-0.2, 0) is 9.84 Å². The first-order chi connectivity index (χ1) is 7.39. The molecule has 0 saturated carbocycles. The highest BCUT2D eigenvalue weighted by Crippen LogP contribution is 2.16. The second kappa shape index (κ2) is 4.60. The summed E-state index contributed by atoms with van der Waals surface area (Å²) in [7, 11) is -3.67. The van der Waals surface area contributed by atoms with Crippen LogP contribution in [0.4, 0.5) is 0 Å². The Kier molecular flexibility index (Phi) is 3.62. The molecule has 0 aromatic heterocycles. The van der Waals surface area contributed by atoms with Crippen molar-refractivity contribution < 1.29 is 13.2 Å². The van der Waals surface area contributed by atoms with E-state index in [9.17, 15) is 8.42 Å². The Hall–Kier alpha value is -1.45. The summed E-state index contributed by atoms with van der Waals surface area (Å²) in [6, 6.07) is 6.45. The van der Waals surface area contributed by atoms with Crippen LogP contribution in [0.2, 0.25) is 0 Å². The predicted octanol–water partition coefficient (Wildman–Crippen LogP) is 2.05.